The summed E-state index contributed by atoms with van der Waals surface area (Å²) in [5.74, 6) is 0. The van der Waals surface area contributed by atoms with Gasteiger partial charge in [-0.15, -0.1) is 0 Å². The first-order chi connectivity index (χ1) is 6.27. The van der Waals surface area contributed by atoms with Gasteiger partial charge in [0.15, 0.2) is 0 Å². The van der Waals surface area contributed by atoms with Crippen molar-refractivity contribution in [1.82, 2.24) is 4.57 Å². The van der Waals surface area contributed by atoms with Gasteiger partial charge in [-0.2, -0.15) is 0 Å². The smallest absolute Gasteiger partial charge is 0.0850 e. The molecule has 0 spiro atoms. The summed E-state index contributed by atoms with van der Waals surface area (Å²) in [6.45, 7) is 0. The Bertz CT molecular complexity index is 384. The quantitative estimate of drug-likeness (QED) is 0.714. The molecule has 0 saturated heterocycles. The van der Waals surface area contributed by atoms with Gasteiger partial charge in [-0.25, -0.2) is 0 Å². The molecule has 2 rings (SSSR count). The monoisotopic (exact) mass is 235 g/mol. The number of benzene rings is 1. The van der Waals surface area contributed by atoms with Crippen LogP contribution in [0.3, 0.4) is 0 Å². The second kappa shape index (κ2) is 3.38. The van der Waals surface area contributed by atoms with Crippen molar-refractivity contribution in [2.45, 2.75) is 0 Å². The van der Waals surface area contributed by atoms with Crippen molar-refractivity contribution in [3.63, 3.8) is 0 Å². The second-order valence-electron chi connectivity index (χ2n) is 3.03. The van der Waals surface area contributed by atoms with Crippen LogP contribution in [0.15, 0.2) is 47.2 Å². The lowest BCUT2D eigenvalue weighted by Gasteiger charge is -1.94. The Kier molecular flexibility index (Phi) is 2.23. The van der Waals surface area contributed by atoms with E-state index in [9.17, 15) is 0 Å². The van der Waals surface area contributed by atoms with Crippen LogP contribution in [0.5, 0.6) is 0 Å². The predicted molar refractivity (Wildman–Crippen MR) is 58.5 cm³/mol. The fraction of sp³-hybridized carbons (Fsp3) is 0.0909. The summed E-state index contributed by atoms with van der Waals surface area (Å²) in [7, 11) is 2.02. The SMILES string of the molecule is Cn1cc(-c2ccccc2)cc1Br. The van der Waals surface area contributed by atoms with Crippen LogP contribution in [0.4, 0.5) is 0 Å². The number of hydrogen-bond donors (Lipinski definition) is 0. The molecule has 1 nitrogen and oxygen atoms in total. The van der Waals surface area contributed by atoms with Crippen LogP contribution in [-0.2, 0) is 7.05 Å². The van der Waals surface area contributed by atoms with Crippen molar-refractivity contribution >= 4 is 15.9 Å². The largest absolute Gasteiger partial charge is 0.345 e. The molecule has 0 radical (unpaired) electrons. The minimum Gasteiger partial charge on any atom is -0.345 e. The third-order valence-electron chi connectivity index (χ3n) is 2.05. The minimum absolute atomic E-state index is 1.10. The Balaban J connectivity index is 2.48. The zero-order chi connectivity index (χ0) is 9.26. The average Bonchev–Trinajstić information content (AvgIpc) is 2.49. The number of aromatic nitrogens is 1. The molecule has 2 aromatic rings. The maximum absolute atomic E-state index is 3.48. The maximum atomic E-state index is 3.48. The number of hydrogen-bond acceptors (Lipinski definition) is 0. The van der Waals surface area contributed by atoms with Gasteiger partial charge in [-0.3, -0.25) is 0 Å². The molecule has 0 aliphatic heterocycles. The molecule has 2 heteroatoms. The zero-order valence-electron chi connectivity index (χ0n) is 7.37. The Hall–Kier alpha value is -1.02. The van der Waals surface area contributed by atoms with E-state index >= 15 is 0 Å². The van der Waals surface area contributed by atoms with Gasteiger partial charge in [0.05, 0.1) is 4.60 Å². The lowest BCUT2D eigenvalue weighted by molar-refractivity contribution is 0.902. The van der Waals surface area contributed by atoms with Crippen LogP contribution in [0.2, 0.25) is 0 Å². The van der Waals surface area contributed by atoms with Crippen molar-refractivity contribution in [2.24, 2.45) is 7.05 Å². The standard InChI is InChI=1S/C11H10BrN/c1-13-8-10(7-11(13)12)9-5-3-2-4-6-9/h2-8H,1H3. The van der Waals surface area contributed by atoms with Gasteiger partial charge in [-0.05, 0) is 27.6 Å². The minimum atomic E-state index is 1.10. The first-order valence-corrected chi connectivity index (χ1v) is 4.94. The third-order valence-corrected chi connectivity index (χ3v) is 2.84. The van der Waals surface area contributed by atoms with Crippen molar-refractivity contribution in [3.8, 4) is 11.1 Å². The number of halogens is 1. The van der Waals surface area contributed by atoms with Crippen LogP contribution in [0, 0.1) is 0 Å². The van der Waals surface area contributed by atoms with E-state index in [2.05, 4.69) is 57.0 Å². The van der Waals surface area contributed by atoms with E-state index < -0.39 is 0 Å². The topological polar surface area (TPSA) is 4.93 Å². The molecule has 0 aliphatic carbocycles. The highest BCUT2D eigenvalue weighted by Gasteiger charge is 2.01. The van der Waals surface area contributed by atoms with E-state index in [4.69, 9.17) is 0 Å². The Labute approximate surface area is 86.1 Å². The highest BCUT2D eigenvalue weighted by atomic mass is 79.9. The van der Waals surface area contributed by atoms with Crippen molar-refractivity contribution < 1.29 is 0 Å². The lowest BCUT2D eigenvalue weighted by atomic mass is 10.1. The summed E-state index contributed by atoms with van der Waals surface area (Å²) in [5, 5.41) is 0. The summed E-state index contributed by atoms with van der Waals surface area (Å²) >= 11 is 3.48. The average molecular weight is 236 g/mol. The maximum Gasteiger partial charge on any atom is 0.0850 e. The van der Waals surface area contributed by atoms with Gasteiger partial charge in [0.25, 0.3) is 0 Å². The van der Waals surface area contributed by atoms with Crippen LogP contribution in [-0.4, -0.2) is 4.57 Å². The first kappa shape index (κ1) is 8.57. The summed E-state index contributed by atoms with van der Waals surface area (Å²) in [5.41, 5.74) is 2.50. The molecule has 1 heterocycles. The number of nitrogens with zero attached hydrogens (tertiary/aromatic N) is 1. The molecule has 0 amide bonds. The fourth-order valence-electron chi connectivity index (χ4n) is 1.33. The van der Waals surface area contributed by atoms with E-state index in [1.165, 1.54) is 11.1 Å². The van der Waals surface area contributed by atoms with Crippen LogP contribution >= 0.6 is 15.9 Å². The Morgan fingerprint density at radius 3 is 2.31 bits per heavy atom. The van der Waals surface area contributed by atoms with Gasteiger partial charge in [0.1, 0.15) is 0 Å². The van der Waals surface area contributed by atoms with Gasteiger partial charge >= 0.3 is 0 Å². The van der Waals surface area contributed by atoms with E-state index in [0.717, 1.165) is 4.60 Å². The number of aryl methyl sites for hydroxylation is 1. The predicted octanol–water partition coefficient (Wildman–Crippen LogP) is 3.45. The normalized spacial score (nSPS) is 10.3. The molecule has 0 unspecified atom stereocenters. The lowest BCUT2D eigenvalue weighted by Crippen LogP contribution is -1.81. The Morgan fingerprint density at radius 1 is 1.08 bits per heavy atom. The van der Waals surface area contributed by atoms with Crippen LogP contribution < -0.4 is 0 Å². The highest BCUT2D eigenvalue weighted by molar-refractivity contribution is 9.10. The summed E-state index contributed by atoms with van der Waals surface area (Å²) in [6, 6.07) is 12.5. The van der Waals surface area contributed by atoms with Gasteiger partial charge in [0, 0.05) is 18.8 Å². The number of rotatable bonds is 1. The molecule has 13 heavy (non-hydrogen) atoms. The highest BCUT2D eigenvalue weighted by Crippen LogP contribution is 2.23. The summed E-state index contributed by atoms with van der Waals surface area (Å²) in [6.07, 6.45) is 2.11. The zero-order valence-corrected chi connectivity index (χ0v) is 8.95. The first-order valence-electron chi connectivity index (χ1n) is 4.14. The molecule has 0 fully saturated rings. The van der Waals surface area contributed by atoms with Crippen molar-refractivity contribution in [1.29, 1.82) is 0 Å². The summed E-state index contributed by atoms with van der Waals surface area (Å²) in [4.78, 5) is 0. The summed E-state index contributed by atoms with van der Waals surface area (Å²) < 4.78 is 3.16. The van der Waals surface area contributed by atoms with Gasteiger partial charge in [-0.1, -0.05) is 30.3 Å². The molecule has 0 bridgehead atoms. The molecule has 1 aromatic carbocycles. The Morgan fingerprint density at radius 2 is 1.77 bits per heavy atom. The van der Waals surface area contributed by atoms with Crippen molar-refractivity contribution in [2.75, 3.05) is 0 Å². The van der Waals surface area contributed by atoms with E-state index in [-0.39, 0.29) is 0 Å². The molecular formula is C11H10BrN. The van der Waals surface area contributed by atoms with Gasteiger partial charge in [0.2, 0.25) is 0 Å². The molecular weight excluding hydrogens is 226 g/mol. The van der Waals surface area contributed by atoms with E-state index in [1.807, 2.05) is 13.1 Å². The molecule has 0 aliphatic rings. The molecule has 66 valence electrons. The third kappa shape index (κ3) is 1.68. The van der Waals surface area contributed by atoms with E-state index in [1.54, 1.807) is 0 Å². The molecule has 0 saturated carbocycles. The molecule has 0 atom stereocenters. The molecule has 1 aromatic heterocycles. The fourth-order valence-corrected chi connectivity index (χ4v) is 1.68. The van der Waals surface area contributed by atoms with E-state index in [0.29, 0.717) is 0 Å². The molecule has 0 N–H and O–H groups in total. The van der Waals surface area contributed by atoms with Crippen LogP contribution in [0.1, 0.15) is 0 Å². The van der Waals surface area contributed by atoms with Crippen LogP contribution in [0.25, 0.3) is 11.1 Å². The van der Waals surface area contributed by atoms with Gasteiger partial charge < -0.3 is 4.57 Å². The van der Waals surface area contributed by atoms with Crippen molar-refractivity contribution in [3.05, 3.63) is 47.2 Å². The second-order valence-corrected chi connectivity index (χ2v) is 3.84.